The summed E-state index contributed by atoms with van der Waals surface area (Å²) in [5, 5.41) is 26.4. The van der Waals surface area contributed by atoms with Crippen LogP contribution in [0.25, 0.3) is 11.2 Å². The molecule has 3 heterocycles. The van der Waals surface area contributed by atoms with Gasteiger partial charge in [-0.25, -0.2) is 18.0 Å². The lowest BCUT2D eigenvalue weighted by Gasteiger charge is -2.27. The summed E-state index contributed by atoms with van der Waals surface area (Å²) in [5.74, 6) is -0.664. The van der Waals surface area contributed by atoms with Crippen molar-refractivity contribution in [2.24, 2.45) is 0 Å². The number of nitrogen functional groups attached to an aromatic ring is 1. The lowest BCUT2D eigenvalue weighted by Crippen LogP contribution is -2.45. The predicted octanol–water partition coefficient (Wildman–Crippen LogP) is 0.970. The number of fused-ring (bicyclic) bond motifs is 1. The van der Waals surface area contributed by atoms with Crippen molar-refractivity contribution in [3.63, 3.8) is 0 Å². The number of aromatic nitrogens is 4. The molecule has 1 aliphatic carbocycles. The Labute approximate surface area is 272 Å². The highest BCUT2D eigenvalue weighted by Crippen LogP contribution is 2.53. The van der Waals surface area contributed by atoms with Gasteiger partial charge in [-0.3, -0.25) is 18.9 Å². The van der Waals surface area contributed by atoms with E-state index in [1.165, 1.54) is 24.9 Å². The standard InChI is InChI=1S/C25H34BrN8O10PS/c1-5-41-22(36)25(10-11-25)31-45(38,44-15-8-6-14(26)7-9-15)42-12-16-18(35)24(2,37)21(43-16)34-13-28-17-19(29-23(27)30-20(17)34)33(3)32-46(4,39)40/h6-9,13,16,18,21,32,35,37H,5,10-12H2,1-4H3,(H,31,38)(H2,27,29,30)/t16-,18-,21?,24-,45?/m1/s1. The lowest BCUT2D eigenvalue weighted by molar-refractivity contribution is -0.146. The molecule has 21 heteroatoms. The van der Waals surface area contributed by atoms with E-state index >= 15 is 0 Å². The van der Waals surface area contributed by atoms with Crippen LogP contribution in [0.5, 0.6) is 5.75 Å². The zero-order chi connectivity index (χ0) is 33.7. The van der Waals surface area contributed by atoms with E-state index in [-0.39, 0.29) is 35.3 Å². The minimum atomic E-state index is -4.33. The molecule has 5 rings (SSSR count). The largest absolute Gasteiger partial charge is 0.465 e. The number of nitrogens with two attached hydrogens (primary N) is 1. The quantitative estimate of drug-likeness (QED) is 0.0929. The first kappa shape index (κ1) is 34.4. The first-order chi connectivity index (χ1) is 21.5. The van der Waals surface area contributed by atoms with Gasteiger partial charge in [0.2, 0.25) is 16.0 Å². The number of hydrogen-bond donors (Lipinski definition) is 5. The van der Waals surface area contributed by atoms with E-state index in [0.717, 1.165) is 15.7 Å². The molecule has 46 heavy (non-hydrogen) atoms. The molecule has 0 amide bonds. The number of hydrazine groups is 1. The Balaban J connectivity index is 1.40. The number of aliphatic hydroxyl groups is 2. The van der Waals surface area contributed by atoms with Gasteiger partial charge in [-0.1, -0.05) is 15.9 Å². The second kappa shape index (κ2) is 12.6. The van der Waals surface area contributed by atoms with E-state index in [9.17, 15) is 28.0 Å². The van der Waals surface area contributed by atoms with Gasteiger partial charge in [-0.05, 0) is 51.0 Å². The third-order valence-corrected chi connectivity index (χ3v) is 10.0. The molecule has 2 aromatic heterocycles. The number of anilines is 2. The molecule has 252 valence electrons. The Morgan fingerprint density at radius 2 is 1.98 bits per heavy atom. The zero-order valence-corrected chi connectivity index (χ0v) is 28.5. The number of carbonyl (C=O) groups excluding carboxylic acids is 1. The number of nitrogens with one attached hydrogen (secondary N) is 2. The average Bonchev–Trinajstić information content (AvgIpc) is 3.56. The zero-order valence-electron chi connectivity index (χ0n) is 25.2. The van der Waals surface area contributed by atoms with E-state index in [1.807, 2.05) is 0 Å². The Bertz CT molecular complexity index is 1770. The van der Waals surface area contributed by atoms with Crippen LogP contribution < -0.4 is 25.2 Å². The average molecular weight is 750 g/mol. The van der Waals surface area contributed by atoms with E-state index in [0.29, 0.717) is 12.8 Å². The van der Waals surface area contributed by atoms with Crippen molar-refractivity contribution >= 4 is 62.6 Å². The number of aliphatic hydroxyl groups excluding tert-OH is 1. The van der Waals surface area contributed by atoms with E-state index < -0.39 is 59.9 Å². The van der Waals surface area contributed by atoms with Gasteiger partial charge in [-0.2, -0.15) is 15.1 Å². The van der Waals surface area contributed by atoms with Crippen LogP contribution >= 0.6 is 23.7 Å². The van der Waals surface area contributed by atoms with E-state index in [4.69, 9.17) is 24.3 Å². The van der Waals surface area contributed by atoms with Crippen molar-refractivity contribution in [1.29, 1.82) is 0 Å². The van der Waals surface area contributed by atoms with Crippen LogP contribution in [0, 0.1) is 0 Å². The smallest absolute Gasteiger partial charge is 0.459 e. The highest BCUT2D eigenvalue weighted by molar-refractivity contribution is 9.10. The van der Waals surface area contributed by atoms with Crippen LogP contribution in [-0.2, 0) is 33.4 Å². The maximum Gasteiger partial charge on any atom is 0.459 e. The Morgan fingerprint density at radius 3 is 2.59 bits per heavy atom. The lowest BCUT2D eigenvalue weighted by atomic mass is 9.96. The molecule has 5 atom stereocenters. The predicted molar refractivity (Wildman–Crippen MR) is 167 cm³/mol. The number of sulfonamides is 1. The molecule has 3 aromatic rings. The molecule has 6 N–H and O–H groups in total. The third-order valence-electron chi connectivity index (χ3n) is 7.26. The molecule has 0 bridgehead atoms. The second-order valence-corrected chi connectivity index (χ2v) is 15.4. The fourth-order valence-electron chi connectivity index (χ4n) is 4.90. The SMILES string of the molecule is CCOC(=O)C1(NP(=O)(OC[C@H]2OC(n3cnc4c(N(C)NS(C)(=O)=O)nc(N)nc43)[C@](C)(O)[C@@H]2O)Oc2ccc(Br)cc2)CC1. The number of benzene rings is 1. The first-order valence-corrected chi connectivity index (χ1v) is 18.1. The van der Waals surface area contributed by atoms with Gasteiger partial charge >= 0.3 is 13.7 Å². The van der Waals surface area contributed by atoms with Gasteiger partial charge in [-0.15, -0.1) is 4.83 Å². The summed E-state index contributed by atoms with van der Waals surface area (Å²) in [4.78, 5) is 27.4. The topological polar surface area (TPSA) is 243 Å². The Kier molecular flexibility index (Phi) is 9.41. The summed E-state index contributed by atoms with van der Waals surface area (Å²) in [6.07, 6.45) is -1.32. The summed E-state index contributed by atoms with van der Waals surface area (Å²) in [6, 6.07) is 6.41. The summed E-state index contributed by atoms with van der Waals surface area (Å²) >= 11 is 3.32. The number of hydrogen-bond acceptors (Lipinski definition) is 15. The molecule has 2 aliphatic rings. The van der Waals surface area contributed by atoms with E-state index in [1.54, 1.807) is 31.2 Å². The molecule has 1 aliphatic heterocycles. The van der Waals surface area contributed by atoms with Gasteiger partial charge in [0.15, 0.2) is 23.2 Å². The highest BCUT2D eigenvalue weighted by Gasteiger charge is 2.58. The highest BCUT2D eigenvalue weighted by atomic mass is 79.9. The van der Waals surface area contributed by atoms with Crippen molar-refractivity contribution in [3.8, 4) is 5.75 Å². The number of ether oxygens (including phenoxy) is 2. The number of imidazole rings is 1. The van der Waals surface area contributed by atoms with Crippen molar-refractivity contribution in [2.45, 2.75) is 56.3 Å². The molecule has 2 unspecified atom stereocenters. The number of rotatable bonds is 13. The van der Waals surface area contributed by atoms with Crippen LogP contribution in [0.2, 0.25) is 0 Å². The number of esters is 1. The van der Waals surface area contributed by atoms with Crippen LogP contribution in [0.3, 0.4) is 0 Å². The van der Waals surface area contributed by atoms with Gasteiger partial charge in [0, 0.05) is 11.5 Å². The maximum absolute atomic E-state index is 14.1. The molecular formula is C25H34BrN8O10PS. The van der Waals surface area contributed by atoms with Gasteiger partial charge < -0.3 is 29.9 Å². The minimum absolute atomic E-state index is 0.0115. The third kappa shape index (κ3) is 7.14. The van der Waals surface area contributed by atoms with Crippen molar-refractivity contribution < 1.29 is 46.5 Å². The molecule has 1 saturated carbocycles. The van der Waals surface area contributed by atoms with Crippen LogP contribution in [-0.4, -0.2) is 94.0 Å². The summed E-state index contributed by atoms with van der Waals surface area (Å²) in [5.41, 5.74) is 2.81. The van der Waals surface area contributed by atoms with E-state index in [2.05, 4.69) is 40.8 Å². The Hall–Kier alpha value is -2.94. The van der Waals surface area contributed by atoms with Gasteiger partial charge in [0.05, 0.1) is 25.8 Å². The molecule has 2 fully saturated rings. The molecule has 0 spiro atoms. The van der Waals surface area contributed by atoms with Crippen LogP contribution in [0.1, 0.15) is 32.9 Å². The second-order valence-electron chi connectivity index (χ2n) is 11.1. The van der Waals surface area contributed by atoms with Gasteiger partial charge in [0.25, 0.3) is 0 Å². The summed E-state index contributed by atoms with van der Waals surface area (Å²) in [6.45, 7) is 2.53. The fourth-order valence-corrected chi connectivity index (χ4v) is 7.49. The Morgan fingerprint density at radius 1 is 1.30 bits per heavy atom. The molecule has 18 nitrogen and oxygen atoms in total. The van der Waals surface area contributed by atoms with Crippen molar-refractivity contribution in [3.05, 3.63) is 35.1 Å². The first-order valence-electron chi connectivity index (χ1n) is 13.9. The van der Waals surface area contributed by atoms with Crippen molar-refractivity contribution in [2.75, 3.05) is 37.3 Å². The van der Waals surface area contributed by atoms with Crippen molar-refractivity contribution in [1.82, 2.24) is 29.4 Å². The number of carbonyl (C=O) groups is 1. The summed E-state index contributed by atoms with van der Waals surface area (Å²) in [7, 11) is -6.63. The molecule has 1 aromatic carbocycles. The monoisotopic (exact) mass is 748 g/mol. The molecular weight excluding hydrogens is 715 g/mol. The van der Waals surface area contributed by atoms with Crippen LogP contribution in [0.15, 0.2) is 35.1 Å². The van der Waals surface area contributed by atoms with Gasteiger partial charge in [0.1, 0.15) is 29.1 Å². The maximum atomic E-state index is 14.1. The normalized spacial score (nSPS) is 25.2. The molecule has 1 saturated heterocycles. The minimum Gasteiger partial charge on any atom is -0.465 e. The number of nitrogens with zero attached hydrogens (tertiary/aromatic N) is 5. The molecule has 0 radical (unpaired) electrons. The number of halogens is 1. The fraction of sp³-hybridized carbons (Fsp3) is 0.520. The van der Waals surface area contributed by atoms with Crippen LogP contribution in [0.4, 0.5) is 11.8 Å². The summed E-state index contributed by atoms with van der Waals surface area (Å²) < 4.78 is 62.4.